The normalized spacial score (nSPS) is 24.0. The first kappa shape index (κ1) is 18.7. The zero-order chi connectivity index (χ0) is 21.2. The van der Waals surface area contributed by atoms with Crippen molar-refractivity contribution in [3.05, 3.63) is 65.7 Å². The molecule has 3 aliphatic rings. The molecule has 1 aromatic carbocycles. The van der Waals surface area contributed by atoms with Gasteiger partial charge in [0, 0.05) is 43.3 Å². The molecule has 3 heterocycles. The Hall–Kier alpha value is -3.00. The lowest BCUT2D eigenvalue weighted by Crippen LogP contribution is -2.64. The first-order valence-corrected chi connectivity index (χ1v) is 10.5. The summed E-state index contributed by atoms with van der Waals surface area (Å²) in [5.41, 5.74) is 2.20. The molecule has 0 radical (unpaired) electrons. The molecular formula is C23H21F2N5O. The van der Waals surface area contributed by atoms with Crippen molar-refractivity contribution in [2.75, 3.05) is 18.0 Å². The first-order valence-electron chi connectivity index (χ1n) is 10.5. The fourth-order valence-electron chi connectivity index (χ4n) is 5.16. The highest BCUT2D eigenvalue weighted by molar-refractivity contribution is 5.56. The number of aromatic nitrogens is 4. The van der Waals surface area contributed by atoms with Crippen molar-refractivity contribution in [1.29, 1.82) is 0 Å². The number of rotatable bonds is 4. The summed E-state index contributed by atoms with van der Waals surface area (Å²) in [5.74, 6) is -0.348. The van der Waals surface area contributed by atoms with Gasteiger partial charge < -0.3 is 10.0 Å². The third-order valence-corrected chi connectivity index (χ3v) is 6.85. The molecule has 158 valence electrons. The van der Waals surface area contributed by atoms with Crippen LogP contribution < -0.4 is 4.90 Å². The molecule has 2 saturated carbocycles. The van der Waals surface area contributed by atoms with E-state index in [-0.39, 0.29) is 23.4 Å². The van der Waals surface area contributed by atoms with Gasteiger partial charge in [0.25, 0.3) is 0 Å². The lowest BCUT2D eigenvalue weighted by molar-refractivity contribution is -0.0494. The summed E-state index contributed by atoms with van der Waals surface area (Å²) in [6.45, 7) is 1.35. The van der Waals surface area contributed by atoms with E-state index >= 15 is 0 Å². The molecule has 0 amide bonds. The van der Waals surface area contributed by atoms with Crippen molar-refractivity contribution in [2.45, 2.75) is 37.2 Å². The van der Waals surface area contributed by atoms with Crippen LogP contribution in [0.4, 0.5) is 14.5 Å². The Bertz CT molecular complexity index is 1130. The number of aliphatic hydroxyl groups excluding tert-OH is 1. The minimum Gasteiger partial charge on any atom is -0.393 e. The van der Waals surface area contributed by atoms with Crippen LogP contribution in [0.1, 0.15) is 42.2 Å². The van der Waals surface area contributed by atoms with Gasteiger partial charge in [0.2, 0.25) is 0 Å². The maximum atomic E-state index is 14.5. The van der Waals surface area contributed by atoms with Crippen LogP contribution in [0.15, 0.2) is 43.0 Å². The van der Waals surface area contributed by atoms with Crippen LogP contribution in [0.5, 0.6) is 0 Å². The van der Waals surface area contributed by atoms with Gasteiger partial charge in [-0.1, -0.05) is 0 Å². The molecule has 31 heavy (non-hydrogen) atoms. The smallest absolute Gasteiger partial charge is 0.197 e. The predicted octanol–water partition coefficient (Wildman–Crippen LogP) is 3.44. The summed E-state index contributed by atoms with van der Waals surface area (Å²) in [4.78, 5) is 19.0. The highest BCUT2D eigenvalue weighted by atomic mass is 19.2. The standard InChI is InChI=1S/C23H21F2N5O/c24-18-4-13(5-19(20(18)25)30-11-23(12-30)7-15(31)8-23)16-6-17(16)14-9-28-22(29-10-14)21-26-2-1-3-27-21/h1-5,9-10,15-17,31H,6-8,11-12H2/t16-,17+/m0/s1. The molecule has 2 aromatic heterocycles. The zero-order valence-corrected chi connectivity index (χ0v) is 16.7. The fraction of sp³-hybridized carbons (Fsp3) is 0.391. The summed E-state index contributed by atoms with van der Waals surface area (Å²) in [7, 11) is 0. The molecule has 1 saturated heterocycles. The fourth-order valence-corrected chi connectivity index (χ4v) is 5.16. The molecule has 1 spiro atoms. The Balaban J connectivity index is 1.19. The molecule has 6 rings (SSSR count). The van der Waals surface area contributed by atoms with Crippen molar-refractivity contribution >= 4 is 5.69 Å². The second-order valence-corrected chi connectivity index (χ2v) is 9.12. The third-order valence-electron chi connectivity index (χ3n) is 6.85. The second-order valence-electron chi connectivity index (χ2n) is 9.12. The molecule has 1 N–H and O–H groups in total. The van der Waals surface area contributed by atoms with E-state index in [4.69, 9.17) is 0 Å². The maximum Gasteiger partial charge on any atom is 0.197 e. The zero-order valence-electron chi connectivity index (χ0n) is 16.7. The van der Waals surface area contributed by atoms with Gasteiger partial charge in [0.15, 0.2) is 23.3 Å². The summed E-state index contributed by atoms with van der Waals surface area (Å²) in [6, 6.07) is 4.84. The van der Waals surface area contributed by atoms with Crippen molar-refractivity contribution in [3.8, 4) is 11.6 Å². The van der Waals surface area contributed by atoms with Gasteiger partial charge in [0.1, 0.15) is 0 Å². The first-order chi connectivity index (χ1) is 15.0. The van der Waals surface area contributed by atoms with Gasteiger partial charge in [0.05, 0.1) is 11.8 Å². The Labute approximate surface area is 178 Å². The molecule has 3 aromatic rings. The van der Waals surface area contributed by atoms with Crippen LogP contribution in [-0.2, 0) is 0 Å². The molecule has 3 fully saturated rings. The molecule has 2 atom stereocenters. The summed E-state index contributed by atoms with van der Waals surface area (Å²) >= 11 is 0. The number of nitrogens with zero attached hydrogens (tertiary/aromatic N) is 5. The Morgan fingerprint density at radius 1 is 0.903 bits per heavy atom. The van der Waals surface area contributed by atoms with E-state index in [0.29, 0.717) is 30.4 Å². The highest BCUT2D eigenvalue weighted by Gasteiger charge is 2.52. The minimum atomic E-state index is -0.805. The van der Waals surface area contributed by atoms with Crippen LogP contribution >= 0.6 is 0 Å². The van der Waals surface area contributed by atoms with Gasteiger partial charge in [-0.15, -0.1) is 0 Å². The van der Waals surface area contributed by atoms with Gasteiger partial charge in [-0.3, -0.25) is 0 Å². The van der Waals surface area contributed by atoms with Crippen molar-refractivity contribution in [3.63, 3.8) is 0 Å². The molecule has 6 nitrogen and oxygen atoms in total. The van der Waals surface area contributed by atoms with E-state index < -0.39 is 11.6 Å². The van der Waals surface area contributed by atoms with Crippen LogP contribution in [0, 0.1) is 17.0 Å². The second kappa shape index (κ2) is 6.75. The van der Waals surface area contributed by atoms with E-state index in [1.807, 2.05) is 4.90 Å². The van der Waals surface area contributed by atoms with Crippen LogP contribution in [0.3, 0.4) is 0 Å². The topological polar surface area (TPSA) is 75.0 Å². The highest BCUT2D eigenvalue weighted by Crippen LogP contribution is 2.56. The monoisotopic (exact) mass is 421 g/mol. The SMILES string of the molecule is OC1CC2(C1)CN(c1cc([C@@H]3C[C@@H]3c3cnc(-c4ncccn4)nc3)cc(F)c1F)C2. The number of hydrogen-bond acceptors (Lipinski definition) is 6. The van der Waals surface area contributed by atoms with Gasteiger partial charge in [-0.2, -0.15) is 0 Å². The van der Waals surface area contributed by atoms with Crippen LogP contribution in [0.2, 0.25) is 0 Å². The minimum absolute atomic E-state index is 0.0853. The van der Waals surface area contributed by atoms with Gasteiger partial charge in [-0.05, 0) is 60.4 Å². The lowest BCUT2D eigenvalue weighted by Gasteiger charge is -2.58. The Morgan fingerprint density at radius 3 is 2.23 bits per heavy atom. The van der Waals surface area contributed by atoms with Gasteiger partial charge >= 0.3 is 0 Å². The van der Waals surface area contributed by atoms with Crippen molar-refractivity contribution in [1.82, 2.24) is 19.9 Å². The Kier molecular flexibility index (Phi) is 4.08. The van der Waals surface area contributed by atoms with E-state index in [0.717, 1.165) is 30.4 Å². The quantitative estimate of drug-likeness (QED) is 0.696. The summed E-state index contributed by atoms with van der Waals surface area (Å²) in [6.07, 6.45) is 8.93. The molecule has 0 bridgehead atoms. The average molecular weight is 421 g/mol. The van der Waals surface area contributed by atoms with E-state index in [1.54, 1.807) is 36.9 Å². The maximum absolute atomic E-state index is 14.5. The number of benzene rings is 1. The van der Waals surface area contributed by atoms with Crippen molar-refractivity contribution < 1.29 is 13.9 Å². The van der Waals surface area contributed by atoms with E-state index in [2.05, 4.69) is 19.9 Å². The number of hydrogen-bond donors (Lipinski definition) is 1. The Morgan fingerprint density at radius 2 is 1.55 bits per heavy atom. The largest absolute Gasteiger partial charge is 0.393 e. The number of halogens is 2. The average Bonchev–Trinajstić information content (AvgIpc) is 3.54. The third kappa shape index (κ3) is 3.17. The van der Waals surface area contributed by atoms with E-state index in [1.165, 1.54) is 6.07 Å². The summed E-state index contributed by atoms with van der Waals surface area (Å²) in [5, 5.41) is 9.58. The van der Waals surface area contributed by atoms with Crippen molar-refractivity contribution in [2.24, 2.45) is 5.41 Å². The predicted molar refractivity (Wildman–Crippen MR) is 109 cm³/mol. The number of aliphatic hydroxyl groups is 1. The van der Waals surface area contributed by atoms with Crippen LogP contribution in [0.25, 0.3) is 11.6 Å². The molecule has 1 aliphatic heterocycles. The van der Waals surface area contributed by atoms with Gasteiger partial charge in [-0.25, -0.2) is 28.7 Å². The van der Waals surface area contributed by atoms with Crippen LogP contribution in [-0.4, -0.2) is 44.2 Å². The molecular weight excluding hydrogens is 400 g/mol. The van der Waals surface area contributed by atoms with E-state index in [9.17, 15) is 13.9 Å². The summed E-state index contributed by atoms with van der Waals surface area (Å²) < 4.78 is 28.9. The molecule has 2 aliphatic carbocycles. The lowest BCUT2D eigenvalue weighted by atomic mass is 9.62. The number of anilines is 1. The molecule has 8 heteroatoms. The molecule has 0 unspecified atom stereocenters.